The summed E-state index contributed by atoms with van der Waals surface area (Å²) in [5.74, 6) is -0.171. The molecule has 0 saturated carbocycles. The minimum absolute atomic E-state index is 0.0374. The van der Waals surface area contributed by atoms with Gasteiger partial charge in [-0.15, -0.1) is 0 Å². The molecule has 0 unspecified atom stereocenters. The summed E-state index contributed by atoms with van der Waals surface area (Å²) in [6.07, 6.45) is 0. The summed E-state index contributed by atoms with van der Waals surface area (Å²) in [6, 6.07) is 6.58. The third kappa shape index (κ3) is 4.39. The number of halogens is 2. The average Bonchev–Trinajstić information content (AvgIpc) is 2.79. The molecule has 6 heteroatoms. The number of aryl methyl sites for hydroxylation is 1. The SMILES string of the molecule is Cc1ccc(CN(C)CC(=O)Nc2cc(F)ccc2F)o1. The number of rotatable bonds is 5. The highest BCUT2D eigenvalue weighted by Crippen LogP contribution is 2.15. The van der Waals surface area contributed by atoms with Crippen molar-refractivity contribution in [2.45, 2.75) is 13.5 Å². The van der Waals surface area contributed by atoms with Crippen molar-refractivity contribution in [2.75, 3.05) is 18.9 Å². The first-order valence-corrected chi connectivity index (χ1v) is 6.43. The van der Waals surface area contributed by atoms with Crippen LogP contribution in [-0.2, 0) is 11.3 Å². The molecule has 1 aromatic carbocycles. The van der Waals surface area contributed by atoms with Gasteiger partial charge >= 0.3 is 0 Å². The monoisotopic (exact) mass is 294 g/mol. The lowest BCUT2D eigenvalue weighted by Crippen LogP contribution is -2.30. The molecule has 0 aliphatic rings. The number of amides is 1. The predicted octanol–water partition coefficient (Wildman–Crippen LogP) is 2.94. The normalized spacial score (nSPS) is 10.9. The van der Waals surface area contributed by atoms with E-state index >= 15 is 0 Å². The molecule has 21 heavy (non-hydrogen) atoms. The van der Waals surface area contributed by atoms with Crippen LogP contribution in [0.1, 0.15) is 11.5 Å². The lowest BCUT2D eigenvalue weighted by atomic mass is 10.3. The van der Waals surface area contributed by atoms with Crippen molar-refractivity contribution in [1.29, 1.82) is 0 Å². The Kier molecular flexibility index (Phi) is 4.70. The average molecular weight is 294 g/mol. The number of benzene rings is 1. The van der Waals surface area contributed by atoms with Gasteiger partial charge in [-0.1, -0.05) is 0 Å². The van der Waals surface area contributed by atoms with Gasteiger partial charge in [0.15, 0.2) is 0 Å². The molecular weight excluding hydrogens is 278 g/mol. The smallest absolute Gasteiger partial charge is 0.238 e. The summed E-state index contributed by atoms with van der Waals surface area (Å²) in [4.78, 5) is 13.5. The second kappa shape index (κ2) is 6.49. The first-order chi connectivity index (χ1) is 9.94. The minimum Gasteiger partial charge on any atom is -0.465 e. The molecule has 1 N–H and O–H groups in total. The molecule has 4 nitrogen and oxygen atoms in total. The molecule has 1 heterocycles. The maximum Gasteiger partial charge on any atom is 0.238 e. The molecule has 112 valence electrons. The Morgan fingerprint density at radius 3 is 2.71 bits per heavy atom. The van der Waals surface area contributed by atoms with Crippen LogP contribution in [0.4, 0.5) is 14.5 Å². The van der Waals surface area contributed by atoms with Crippen molar-refractivity contribution in [1.82, 2.24) is 4.90 Å². The summed E-state index contributed by atoms with van der Waals surface area (Å²) in [5, 5.41) is 2.35. The van der Waals surface area contributed by atoms with Crippen molar-refractivity contribution in [2.24, 2.45) is 0 Å². The number of carbonyl (C=O) groups is 1. The van der Waals surface area contributed by atoms with Gasteiger partial charge < -0.3 is 9.73 Å². The predicted molar refractivity (Wildman–Crippen MR) is 74.8 cm³/mol. The highest BCUT2D eigenvalue weighted by molar-refractivity contribution is 5.92. The van der Waals surface area contributed by atoms with Gasteiger partial charge in [0, 0.05) is 6.07 Å². The molecular formula is C15H16F2N2O2. The highest BCUT2D eigenvalue weighted by atomic mass is 19.1. The largest absolute Gasteiger partial charge is 0.465 e. The van der Waals surface area contributed by atoms with Crippen molar-refractivity contribution in [3.8, 4) is 0 Å². The molecule has 1 aromatic heterocycles. The fourth-order valence-electron chi connectivity index (χ4n) is 1.92. The zero-order valence-corrected chi connectivity index (χ0v) is 11.8. The van der Waals surface area contributed by atoms with Crippen molar-refractivity contribution < 1.29 is 18.0 Å². The summed E-state index contributed by atoms with van der Waals surface area (Å²) in [7, 11) is 1.74. The fraction of sp³-hybridized carbons (Fsp3) is 0.267. The first-order valence-electron chi connectivity index (χ1n) is 6.43. The molecule has 0 aliphatic carbocycles. The zero-order valence-electron chi connectivity index (χ0n) is 11.8. The molecule has 0 aliphatic heterocycles. The van der Waals surface area contributed by atoms with Crippen molar-refractivity contribution in [3.63, 3.8) is 0 Å². The summed E-state index contributed by atoms with van der Waals surface area (Å²) < 4.78 is 31.8. The van der Waals surface area contributed by atoms with Crippen LogP contribution in [0.2, 0.25) is 0 Å². The highest BCUT2D eigenvalue weighted by Gasteiger charge is 2.12. The maximum absolute atomic E-state index is 13.4. The van der Waals surface area contributed by atoms with Gasteiger partial charge in [0.25, 0.3) is 0 Å². The van der Waals surface area contributed by atoms with E-state index in [4.69, 9.17) is 4.42 Å². The Labute approximate surface area is 121 Å². The van der Waals surface area contributed by atoms with Gasteiger partial charge in [0.1, 0.15) is 23.2 Å². The van der Waals surface area contributed by atoms with E-state index in [9.17, 15) is 13.6 Å². The van der Waals surface area contributed by atoms with Crippen LogP contribution < -0.4 is 5.32 Å². The van der Waals surface area contributed by atoms with E-state index in [0.717, 1.165) is 29.7 Å². The second-order valence-corrected chi connectivity index (χ2v) is 4.86. The van der Waals surface area contributed by atoms with Gasteiger partial charge in [-0.2, -0.15) is 0 Å². The lowest BCUT2D eigenvalue weighted by Gasteiger charge is -2.15. The Morgan fingerprint density at radius 1 is 1.29 bits per heavy atom. The standard InChI is InChI=1S/C15H16F2N2O2/c1-10-3-5-12(21-10)8-19(2)9-15(20)18-14-7-11(16)4-6-13(14)17/h3-7H,8-9H2,1-2H3,(H,18,20). The van der Waals surface area contributed by atoms with E-state index in [1.807, 2.05) is 19.1 Å². The number of nitrogens with one attached hydrogen (secondary N) is 1. The van der Waals surface area contributed by atoms with E-state index in [-0.39, 0.29) is 12.2 Å². The Hall–Kier alpha value is -2.21. The first kappa shape index (κ1) is 15.2. The fourth-order valence-corrected chi connectivity index (χ4v) is 1.92. The van der Waals surface area contributed by atoms with Crippen LogP contribution in [0, 0.1) is 18.6 Å². The quantitative estimate of drug-likeness (QED) is 0.922. The third-order valence-electron chi connectivity index (χ3n) is 2.84. The van der Waals surface area contributed by atoms with Gasteiger partial charge in [-0.3, -0.25) is 9.69 Å². The summed E-state index contributed by atoms with van der Waals surface area (Å²) >= 11 is 0. The Morgan fingerprint density at radius 2 is 2.05 bits per heavy atom. The van der Waals surface area contributed by atoms with Gasteiger partial charge in [-0.25, -0.2) is 8.78 Å². The van der Waals surface area contributed by atoms with Gasteiger partial charge in [0.2, 0.25) is 5.91 Å². The Bertz CT molecular complexity index is 640. The van der Waals surface area contributed by atoms with Crippen LogP contribution in [0.3, 0.4) is 0 Å². The zero-order chi connectivity index (χ0) is 15.4. The summed E-state index contributed by atoms with van der Waals surface area (Å²) in [5.41, 5.74) is -0.165. The molecule has 0 fully saturated rings. The number of likely N-dealkylation sites (N-methyl/N-ethyl adjacent to an activating group) is 1. The van der Waals surface area contributed by atoms with E-state index in [0.29, 0.717) is 6.54 Å². The van der Waals surface area contributed by atoms with Crippen molar-refractivity contribution in [3.05, 3.63) is 53.5 Å². The lowest BCUT2D eigenvalue weighted by molar-refractivity contribution is -0.117. The molecule has 2 rings (SSSR count). The number of carbonyl (C=O) groups excluding carboxylic acids is 1. The molecule has 0 bridgehead atoms. The van der Waals surface area contributed by atoms with E-state index < -0.39 is 17.5 Å². The van der Waals surface area contributed by atoms with Gasteiger partial charge in [0.05, 0.1) is 18.8 Å². The van der Waals surface area contributed by atoms with Crippen LogP contribution in [0.15, 0.2) is 34.7 Å². The molecule has 0 spiro atoms. The van der Waals surface area contributed by atoms with Crippen LogP contribution in [0.5, 0.6) is 0 Å². The van der Waals surface area contributed by atoms with Crippen molar-refractivity contribution >= 4 is 11.6 Å². The molecule has 0 saturated heterocycles. The van der Waals surface area contributed by atoms with E-state index in [1.165, 1.54) is 0 Å². The maximum atomic E-state index is 13.4. The van der Waals surface area contributed by atoms with Crippen LogP contribution >= 0.6 is 0 Å². The number of anilines is 1. The Balaban J connectivity index is 1.90. The topological polar surface area (TPSA) is 45.5 Å². The number of furan rings is 1. The summed E-state index contributed by atoms with van der Waals surface area (Å²) in [6.45, 7) is 2.32. The molecule has 1 amide bonds. The number of hydrogen-bond acceptors (Lipinski definition) is 3. The third-order valence-corrected chi connectivity index (χ3v) is 2.84. The number of hydrogen-bond donors (Lipinski definition) is 1. The van der Waals surface area contributed by atoms with Crippen LogP contribution in [-0.4, -0.2) is 24.4 Å². The number of nitrogens with zero attached hydrogens (tertiary/aromatic N) is 1. The second-order valence-electron chi connectivity index (χ2n) is 4.86. The molecule has 0 radical (unpaired) electrons. The van der Waals surface area contributed by atoms with Gasteiger partial charge in [-0.05, 0) is 38.2 Å². The van der Waals surface area contributed by atoms with E-state index in [2.05, 4.69) is 5.32 Å². The minimum atomic E-state index is -0.672. The van der Waals surface area contributed by atoms with Crippen LogP contribution in [0.25, 0.3) is 0 Å². The molecule has 2 aromatic rings. The van der Waals surface area contributed by atoms with E-state index in [1.54, 1.807) is 11.9 Å². The molecule has 0 atom stereocenters.